The molecular weight excluding hydrogens is 216 g/mol. The molecule has 5 nitrogen and oxygen atoms in total. The molecule has 1 amide bonds. The first-order chi connectivity index (χ1) is 6.82. The van der Waals surface area contributed by atoms with E-state index in [0.717, 1.165) is 0 Å². The van der Waals surface area contributed by atoms with Gasteiger partial charge in [-0.2, -0.15) is 0 Å². The van der Waals surface area contributed by atoms with Crippen LogP contribution in [0.5, 0.6) is 0 Å². The number of carbonyl (C=O) groups is 1. The van der Waals surface area contributed by atoms with E-state index in [4.69, 9.17) is 5.73 Å². The zero-order chi connectivity index (χ0) is 11.7. The lowest BCUT2D eigenvalue weighted by atomic mass is 10.2. The zero-order valence-corrected chi connectivity index (χ0v) is 9.51. The molecule has 0 aromatic carbocycles. The van der Waals surface area contributed by atoms with Crippen molar-refractivity contribution >= 4 is 15.9 Å². The minimum Gasteiger partial charge on any atom is -0.320 e. The average molecular weight is 232 g/mol. The molecule has 1 unspecified atom stereocenters. The van der Waals surface area contributed by atoms with Gasteiger partial charge in [0, 0.05) is 0 Å². The van der Waals surface area contributed by atoms with Crippen LogP contribution in [0.4, 0.5) is 0 Å². The standard InChI is InChI=1S/C9H16N2O3S/c1-3-4-7(10)8(12)11-15(13,14)9(2)5-6-9/h3,7H,1,4-6,10H2,2H3,(H,11,12). The zero-order valence-electron chi connectivity index (χ0n) is 8.69. The molecule has 1 atom stereocenters. The fraction of sp³-hybridized carbons (Fsp3) is 0.667. The van der Waals surface area contributed by atoms with E-state index in [1.807, 2.05) is 4.72 Å². The van der Waals surface area contributed by atoms with Crippen molar-refractivity contribution in [3.05, 3.63) is 12.7 Å². The molecular formula is C9H16N2O3S. The van der Waals surface area contributed by atoms with Crippen molar-refractivity contribution in [1.29, 1.82) is 0 Å². The van der Waals surface area contributed by atoms with Gasteiger partial charge in [0.25, 0.3) is 5.91 Å². The largest absolute Gasteiger partial charge is 0.320 e. The van der Waals surface area contributed by atoms with E-state index in [0.29, 0.717) is 12.8 Å². The Balaban J connectivity index is 2.62. The first-order valence-electron chi connectivity index (χ1n) is 4.75. The Hall–Kier alpha value is -0.880. The number of nitrogens with one attached hydrogen (secondary N) is 1. The van der Waals surface area contributed by atoms with Crippen molar-refractivity contribution in [3.8, 4) is 0 Å². The second-order valence-corrected chi connectivity index (χ2v) is 6.25. The van der Waals surface area contributed by atoms with Gasteiger partial charge in [0.2, 0.25) is 10.0 Å². The summed E-state index contributed by atoms with van der Waals surface area (Å²) >= 11 is 0. The predicted octanol–water partition coefficient (Wildman–Crippen LogP) is -0.112. The molecule has 86 valence electrons. The van der Waals surface area contributed by atoms with E-state index >= 15 is 0 Å². The van der Waals surface area contributed by atoms with E-state index < -0.39 is 26.7 Å². The second kappa shape index (κ2) is 3.94. The molecule has 1 rings (SSSR count). The monoisotopic (exact) mass is 232 g/mol. The Kier molecular flexibility index (Phi) is 3.20. The van der Waals surface area contributed by atoms with Gasteiger partial charge in [-0.05, 0) is 26.2 Å². The lowest BCUT2D eigenvalue weighted by molar-refractivity contribution is -0.120. The predicted molar refractivity (Wildman–Crippen MR) is 57.5 cm³/mol. The molecule has 1 aliphatic carbocycles. The molecule has 0 aromatic heterocycles. The summed E-state index contributed by atoms with van der Waals surface area (Å²) in [7, 11) is -3.56. The highest BCUT2D eigenvalue weighted by atomic mass is 32.2. The number of hydrogen-bond donors (Lipinski definition) is 2. The first-order valence-corrected chi connectivity index (χ1v) is 6.23. The lowest BCUT2D eigenvalue weighted by Crippen LogP contribution is -2.46. The molecule has 6 heteroatoms. The third kappa shape index (κ3) is 2.57. The van der Waals surface area contributed by atoms with Gasteiger partial charge in [-0.1, -0.05) is 6.08 Å². The minimum atomic E-state index is -3.56. The molecule has 1 fully saturated rings. The maximum absolute atomic E-state index is 11.6. The Morgan fingerprint density at radius 2 is 2.20 bits per heavy atom. The average Bonchev–Trinajstić information content (AvgIpc) is 2.85. The molecule has 1 saturated carbocycles. The summed E-state index contributed by atoms with van der Waals surface area (Å²) in [4.78, 5) is 11.4. The van der Waals surface area contributed by atoms with Crippen molar-refractivity contribution in [1.82, 2.24) is 4.72 Å². The lowest BCUT2D eigenvalue weighted by Gasteiger charge is -2.14. The molecule has 0 radical (unpaired) electrons. The van der Waals surface area contributed by atoms with Gasteiger partial charge in [-0.25, -0.2) is 8.42 Å². The number of rotatable bonds is 5. The molecule has 15 heavy (non-hydrogen) atoms. The Morgan fingerprint density at radius 1 is 1.67 bits per heavy atom. The number of carbonyl (C=O) groups excluding carboxylic acids is 1. The fourth-order valence-electron chi connectivity index (χ4n) is 1.06. The molecule has 0 heterocycles. The van der Waals surface area contributed by atoms with Crippen LogP contribution in [0.3, 0.4) is 0 Å². The van der Waals surface area contributed by atoms with E-state index in [1.54, 1.807) is 6.92 Å². The molecule has 0 aromatic rings. The Labute approximate surface area is 89.8 Å². The number of nitrogens with two attached hydrogens (primary N) is 1. The second-order valence-electron chi connectivity index (χ2n) is 4.05. The summed E-state index contributed by atoms with van der Waals surface area (Å²) in [6, 6.07) is -0.848. The van der Waals surface area contributed by atoms with Crippen molar-refractivity contribution in [2.24, 2.45) is 5.73 Å². The van der Waals surface area contributed by atoms with Crippen LogP contribution in [0.25, 0.3) is 0 Å². The van der Waals surface area contributed by atoms with Crippen LogP contribution in [-0.4, -0.2) is 25.1 Å². The SMILES string of the molecule is C=CCC(N)C(=O)NS(=O)(=O)C1(C)CC1. The molecule has 0 bridgehead atoms. The van der Waals surface area contributed by atoms with Gasteiger partial charge in [-0.3, -0.25) is 9.52 Å². The summed E-state index contributed by atoms with van der Waals surface area (Å²) in [5, 5.41) is 0. The normalized spacial score (nSPS) is 20.4. The van der Waals surface area contributed by atoms with Crippen LogP contribution in [0.1, 0.15) is 26.2 Å². The van der Waals surface area contributed by atoms with Crippen LogP contribution in [0.15, 0.2) is 12.7 Å². The van der Waals surface area contributed by atoms with Crippen LogP contribution < -0.4 is 10.5 Å². The Morgan fingerprint density at radius 3 is 2.60 bits per heavy atom. The highest BCUT2D eigenvalue weighted by Gasteiger charge is 2.50. The first kappa shape index (κ1) is 12.2. The summed E-state index contributed by atoms with van der Waals surface area (Å²) < 4.78 is 24.5. The molecule has 0 saturated heterocycles. The summed E-state index contributed by atoms with van der Waals surface area (Å²) in [5.41, 5.74) is 5.45. The summed E-state index contributed by atoms with van der Waals surface area (Å²) in [5.74, 6) is -0.664. The van der Waals surface area contributed by atoms with Gasteiger partial charge < -0.3 is 5.73 Å². The summed E-state index contributed by atoms with van der Waals surface area (Å²) in [6.07, 6.45) is 2.92. The van der Waals surface area contributed by atoms with E-state index in [9.17, 15) is 13.2 Å². The highest BCUT2D eigenvalue weighted by Crippen LogP contribution is 2.42. The molecule has 3 N–H and O–H groups in total. The third-order valence-electron chi connectivity index (χ3n) is 2.60. The van der Waals surface area contributed by atoms with Crippen molar-refractivity contribution in [3.63, 3.8) is 0 Å². The van der Waals surface area contributed by atoms with Crippen molar-refractivity contribution in [2.75, 3.05) is 0 Å². The molecule has 0 spiro atoms. The maximum Gasteiger partial charge on any atom is 0.250 e. The minimum absolute atomic E-state index is 0.262. The van der Waals surface area contributed by atoms with Gasteiger partial charge in [0.1, 0.15) is 0 Å². The maximum atomic E-state index is 11.6. The highest BCUT2D eigenvalue weighted by molar-refractivity contribution is 7.91. The smallest absolute Gasteiger partial charge is 0.250 e. The molecule has 0 aliphatic heterocycles. The fourth-order valence-corrected chi connectivity index (χ4v) is 2.36. The van der Waals surface area contributed by atoms with E-state index in [2.05, 4.69) is 6.58 Å². The van der Waals surface area contributed by atoms with Crippen molar-refractivity contribution < 1.29 is 13.2 Å². The van der Waals surface area contributed by atoms with Crippen LogP contribution in [0.2, 0.25) is 0 Å². The quantitative estimate of drug-likeness (QED) is 0.647. The third-order valence-corrected chi connectivity index (χ3v) is 4.77. The molecule has 1 aliphatic rings. The van der Waals surface area contributed by atoms with Gasteiger partial charge in [-0.15, -0.1) is 6.58 Å². The van der Waals surface area contributed by atoms with E-state index in [1.165, 1.54) is 6.08 Å². The van der Waals surface area contributed by atoms with Crippen LogP contribution in [-0.2, 0) is 14.8 Å². The summed E-state index contributed by atoms with van der Waals surface area (Å²) in [6.45, 7) is 5.04. The van der Waals surface area contributed by atoms with Gasteiger partial charge >= 0.3 is 0 Å². The van der Waals surface area contributed by atoms with E-state index in [-0.39, 0.29) is 6.42 Å². The number of hydrogen-bond acceptors (Lipinski definition) is 4. The van der Waals surface area contributed by atoms with Crippen LogP contribution in [0, 0.1) is 0 Å². The van der Waals surface area contributed by atoms with Gasteiger partial charge in [0.05, 0.1) is 10.8 Å². The number of sulfonamides is 1. The van der Waals surface area contributed by atoms with Crippen molar-refractivity contribution in [2.45, 2.75) is 37.0 Å². The van der Waals surface area contributed by atoms with Crippen LogP contribution >= 0.6 is 0 Å². The number of amides is 1. The topological polar surface area (TPSA) is 89.3 Å². The Bertz CT molecular complexity index is 371. The van der Waals surface area contributed by atoms with Gasteiger partial charge in [0.15, 0.2) is 0 Å².